The smallest absolute Gasteiger partial charge is 0.411 e. The summed E-state index contributed by atoms with van der Waals surface area (Å²) in [5, 5.41) is 22.3. The number of anilines is 2. The summed E-state index contributed by atoms with van der Waals surface area (Å²) in [5.41, 5.74) is 2.38. The molecule has 8 heteroatoms. The van der Waals surface area contributed by atoms with Gasteiger partial charge in [0.15, 0.2) is 0 Å². The normalized spacial score (nSPS) is 10.0. The van der Waals surface area contributed by atoms with Crippen molar-refractivity contribution in [1.82, 2.24) is 0 Å². The van der Waals surface area contributed by atoms with Crippen LogP contribution in [-0.2, 0) is 9.47 Å². The van der Waals surface area contributed by atoms with Crippen molar-refractivity contribution in [2.75, 3.05) is 37.1 Å². The number of ether oxygens (including phenoxy) is 2. The Bertz CT molecular complexity index is 532. The number of carbonyl (C=O) groups excluding carboxylic acids is 2. The number of nitrogens with one attached hydrogen (secondary N) is 2. The molecule has 0 saturated carbocycles. The van der Waals surface area contributed by atoms with Crippen LogP contribution >= 0.6 is 0 Å². The summed E-state index contributed by atoms with van der Waals surface area (Å²) in [5.74, 6) is 0. The number of carbonyl (C=O) groups is 2. The summed E-state index contributed by atoms with van der Waals surface area (Å²) < 4.78 is 9.45. The Morgan fingerprint density at radius 2 is 1.55 bits per heavy atom. The van der Waals surface area contributed by atoms with E-state index in [0.717, 1.165) is 5.56 Å². The molecule has 0 spiro atoms. The highest BCUT2D eigenvalue weighted by Crippen LogP contribution is 2.27. The second-order valence-corrected chi connectivity index (χ2v) is 4.40. The zero-order chi connectivity index (χ0) is 16.5. The van der Waals surface area contributed by atoms with Crippen LogP contribution in [0.25, 0.3) is 0 Å². The molecule has 0 radical (unpaired) electrons. The predicted octanol–water partition coefficient (Wildman–Crippen LogP) is 1.39. The minimum Gasteiger partial charge on any atom is -0.447 e. The van der Waals surface area contributed by atoms with E-state index in [1.165, 1.54) is 0 Å². The van der Waals surface area contributed by atoms with E-state index < -0.39 is 12.2 Å². The van der Waals surface area contributed by atoms with Gasteiger partial charge in [0, 0.05) is 5.69 Å². The molecule has 1 aromatic carbocycles. The van der Waals surface area contributed by atoms with E-state index >= 15 is 0 Å². The van der Waals surface area contributed by atoms with Crippen LogP contribution in [-0.4, -0.2) is 48.8 Å². The van der Waals surface area contributed by atoms with Gasteiger partial charge in [0.25, 0.3) is 0 Å². The molecule has 0 aliphatic rings. The van der Waals surface area contributed by atoms with Crippen LogP contribution in [0.15, 0.2) is 12.1 Å². The molecule has 1 aromatic rings. The Hall–Kier alpha value is -2.32. The number of hydrogen-bond acceptors (Lipinski definition) is 6. The third-order valence-electron chi connectivity index (χ3n) is 2.79. The minimum absolute atomic E-state index is 0.102. The summed E-state index contributed by atoms with van der Waals surface area (Å²) in [6.07, 6.45) is -1.39. The van der Waals surface area contributed by atoms with E-state index in [2.05, 4.69) is 10.6 Å². The van der Waals surface area contributed by atoms with E-state index in [1.807, 2.05) is 0 Å². The van der Waals surface area contributed by atoms with Gasteiger partial charge in [-0.2, -0.15) is 0 Å². The Labute approximate surface area is 128 Å². The van der Waals surface area contributed by atoms with Crippen molar-refractivity contribution >= 4 is 23.6 Å². The lowest BCUT2D eigenvalue weighted by atomic mass is 10.1. The van der Waals surface area contributed by atoms with Crippen LogP contribution in [0.5, 0.6) is 0 Å². The predicted molar refractivity (Wildman–Crippen MR) is 80.0 cm³/mol. The highest BCUT2D eigenvalue weighted by molar-refractivity contribution is 5.92. The lowest BCUT2D eigenvalue weighted by Crippen LogP contribution is -2.19. The van der Waals surface area contributed by atoms with Crippen molar-refractivity contribution in [3.63, 3.8) is 0 Å². The summed E-state index contributed by atoms with van der Waals surface area (Å²) >= 11 is 0. The molecule has 0 atom stereocenters. The van der Waals surface area contributed by atoms with Gasteiger partial charge in [-0.15, -0.1) is 0 Å². The Morgan fingerprint density at radius 3 is 2.09 bits per heavy atom. The van der Waals surface area contributed by atoms with Gasteiger partial charge in [0.1, 0.15) is 13.2 Å². The topological polar surface area (TPSA) is 117 Å². The van der Waals surface area contributed by atoms with E-state index in [-0.39, 0.29) is 26.4 Å². The highest BCUT2D eigenvalue weighted by atomic mass is 16.6. The van der Waals surface area contributed by atoms with Gasteiger partial charge >= 0.3 is 12.2 Å². The van der Waals surface area contributed by atoms with Crippen molar-refractivity contribution < 1.29 is 29.3 Å². The number of hydrogen-bond donors (Lipinski definition) is 4. The lowest BCUT2D eigenvalue weighted by Gasteiger charge is -2.15. The molecule has 0 unspecified atom stereocenters. The first-order valence-electron chi connectivity index (χ1n) is 6.69. The SMILES string of the molecule is Cc1ccc(NC(=O)OCCO)c(C)c1NC(=O)OCCO. The summed E-state index contributed by atoms with van der Waals surface area (Å²) in [4.78, 5) is 23.1. The molecule has 122 valence electrons. The number of aryl methyl sites for hydroxylation is 1. The molecule has 0 aliphatic heterocycles. The molecule has 0 bridgehead atoms. The fraction of sp³-hybridized carbons (Fsp3) is 0.429. The molecule has 2 amide bonds. The second-order valence-electron chi connectivity index (χ2n) is 4.40. The molecule has 4 N–H and O–H groups in total. The van der Waals surface area contributed by atoms with E-state index in [0.29, 0.717) is 16.9 Å². The van der Waals surface area contributed by atoms with Crippen LogP contribution in [0.2, 0.25) is 0 Å². The average Bonchev–Trinajstić information content (AvgIpc) is 2.50. The van der Waals surface area contributed by atoms with E-state index in [9.17, 15) is 9.59 Å². The van der Waals surface area contributed by atoms with Gasteiger partial charge in [-0.25, -0.2) is 9.59 Å². The first-order chi connectivity index (χ1) is 10.5. The van der Waals surface area contributed by atoms with Gasteiger partial charge in [0.05, 0.1) is 18.9 Å². The molecule has 0 aromatic heterocycles. The van der Waals surface area contributed by atoms with Gasteiger partial charge in [-0.3, -0.25) is 10.6 Å². The Balaban J connectivity index is 2.83. The molecule has 0 saturated heterocycles. The Morgan fingerprint density at radius 1 is 1.00 bits per heavy atom. The quantitative estimate of drug-likeness (QED) is 0.630. The number of aliphatic hydroxyl groups is 2. The summed E-state index contributed by atoms with van der Waals surface area (Å²) in [6, 6.07) is 3.39. The maximum atomic E-state index is 11.6. The minimum atomic E-state index is -0.699. The van der Waals surface area contributed by atoms with E-state index in [1.54, 1.807) is 26.0 Å². The average molecular weight is 312 g/mol. The number of amides is 2. The van der Waals surface area contributed by atoms with Gasteiger partial charge in [0.2, 0.25) is 0 Å². The number of benzene rings is 1. The summed E-state index contributed by atoms with van der Waals surface area (Å²) in [6.45, 7) is 2.79. The van der Waals surface area contributed by atoms with Gasteiger partial charge < -0.3 is 19.7 Å². The van der Waals surface area contributed by atoms with Crippen LogP contribution in [0.4, 0.5) is 21.0 Å². The maximum Gasteiger partial charge on any atom is 0.411 e. The molecular weight excluding hydrogens is 292 g/mol. The fourth-order valence-electron chi connectivity index (χ4n) is 1.74. The summed E-state index contributed by atoms with van der Waals surface area (Å²) in [7, 11) is 0. The number of rotatable bonds is 6. The van der Waals surface area contributed by atoms with Crippen LogP contribution in [0.3, 0.4) is 0 Å². The van der Waals surface area contributed by atoms with Crippen LogP contribution in [0, 0.1) is 13.8 Å². The van der Waals surface area contributed by atoms with Gasteiger partial charge in [-0.1, -0.05) is 6.07 Å². The molecule has 1 rings (SSSR count). The molecule has 0 heterocycles. The first kappa shape index (κ1) is 17.7. The van der Waals surface area contributed by atoms with Crippen molar-refractivity contribution in [3.05, 3.63) is 23.3 Å². The fourth-order valence-corrected chi connectivity index (χ4v) is 1.74. The maximum absolute atomic E-state index is 11.6. The molecule has 8 nitrogen and oxygen atoms in total. The molecule has 0 fully saturated rings. The van der Waals surface area contributed by atoms with Crippen LogP contribution in [0.1, 0.15) is 11.1 Å². The Kier molecular flexibility index (Phi) is 7.14. The van der Waals surface area contributed by atoms with E-state index in [4.69, 9.17) is 19.7 Å². The zero-order valence-corrected chi connectivity index (χ0v) is 12.5. The van der Waals surface area contributed by atoms with Crippen molar-refractivity contribution in [2.24, 2.45) is 0 Å². The lowest BCUT2D eigenvalue weighted by molar-refractivity contribution is 0.131. The largest absolute Gasteiger partial charge is 0.447 e. The van der Waals surface area contributed by atoms with Crippen LogP contribution < -0.4 is 10.6 Å². The van der Waals surface area contributed by atoms with Gasteiger partial charge in [-0.05, 0) is 31.0 Å². The van der Waals surface area contributed by atoms with Crippen molar-refractivity contribution in [1.29, 1.82) is 0 Å². The third kappa shape index (κ3) is 5.23. The zero-order valence-electron chi connectivity index (χ0n) is 12.5. The monoisotopic (exact) mass is 312 g/mol. The van der Waals surface area contributed by atoms with Crippen molar-refractivity contribution in [2.45, 2.75) is 13.8 Å². The molecular formula is C14H20N2O6. The molecule has 0 aliphatic carbocycles. The number of aliphatic hydroxyl groups excluding tert-OH is 2. The van der Waals surface area contributed by atoms with Crippen molar-refractivity contribution in [3.8, 4) is 0 Å². The second kappa shape index (κ2) is 8.85. The molecule has 22 heavy (non-hydrogen) atoms. The first-order valence-corrected chi connectivity index (χ1v) is 6.69. The highest BCUT2D eigenvalue weighted by Gasteiger charge is 2.13. The standard InChI is InChI=1S/C14H20N2O6/c1-9-3-4-11(15-13(19)21-7-5-17)10(2)12(9)16-14(20)22-8-6-18/h3-4,17-18H,5-8H2,1-2H3,(H,15,19)(H,16,20). The third-order valence-corrected chi connectivity index (χ3v) is 2.79.